The third-order valence-electron chi connectivity index (χ3n) is 3.37. The average Bonchev–Trinajstić information content (AvgIpc) is 2.80. The largest absolute Gasteiger partial charge is 0.353 e. The third-order valence-corrected chi connectivity index (χ3v) is 3.37. The van der Waals surface area contributed by atoms with Crippen LogP contribution in [0, 0.1) is 11.8 Å². The van der Waals surface area contributed by atoms with Crippen LogP contribution >= 0.6 is 0 Å². The molecule has 0 aromatic rings. The van der Waals surface area contributed by atoms with Gasteiger partial charge < -0.3 is 10.6 Å². The van der Waals surface area contributed by atoms with Crippen molar-refractivity contribution >= 4 is 5.91 Å². The molecule has 1 aliphatic carbocycles. The highest BCUT2D eigenvalue weighted by atomic mass is 16.1. The van der Waals surface area contributed by atoms with Crippen molar-refractivity contribution in [1.29, 1.82) is 0 Å². The molecule has 0 bridgehead atoms. The summed E-state index contributed by atoms with van der Waals surface area (Å²) in [6, 6.07) is 0.344. The van der Waals surface area contributed by atoms with Crippen LogP contribution in [-0.4, -0.2) is 25.0 Å². The number of amides is 1. The molecule has 1 saturated heterocycles. The Balaban J connectivity index is 1.69. The van der Waals surface area contributed by atoms with Crippen LogP contribution in [0.3, 0.4) is 0 Å². The number of hydrogen-bond donors (Lipinski definition) is 2. The summed E-state index contributed by atoms with van der Waals surface area (Å²) in [7, 11) is 0. The molecule has 80 valence electrons. The molecule has 2 unspecified atom stereocenters. The molecule has 1 heterocycles. The van der Waals surface area contributed by atoms with Crippen LogP contribution < -0.4 is 10.6 Å². The van der Waals surface area contributed by atoms with Gasteiger partial charge in [-0.2, -0.15) is 0 Å². The fraction of sp³-hybridized carbons (Fsp3) is 0.909. The van der Waals surface area contributed by atoms with Gasteiger partial charge in [0.15, 0.2) is 0 Å². The molecule has 0 radical (unpaired) electrons. The molecule has 2 N–H and O–H groups in total. The highest BCUT2D eigenvalue weighted by Crippen LogP contribution is 2.32. The van der Waals surface area contributed by atoms with Gasteiger partial charge >= 0.3 is 0 Å². The van der Waals surface area contributed by atoms with Gasteiger partial charge in [-0.15, -0.1) is 0 Å². The first-order chi connectivity index (χ1) is 6.75. The van der Waals surface area contributed by atoms with Crippen LogP contribution in [0.2, 0.25) is 0 Å². The summed E-state index contributed by atoms with van der Waals surface area (Å²) >= 11 is 0. The lowest BCUT2D eigenvalue weighted by atomic mass is 10.0. The molecule has 1 amide bonds. The molecule has 2 atom stereocenters. The van der Waals surface area contributed by atoms with Crippen LogP contribution in [0.1, 0.15) is 32.6 Å². The standard InChI is InChI=1S/C11H20N2O/c1-8(10-4-5-12-7-10)13-11(14)6-9-2-3-9/h8-10,12H,2-7H2,1H3,(H,13,14). The number of nitrogens with one attached hydrogen (secondary N) is 2. The van der Waals surface area contributed by atoms with E-state index in [2.05, 4.69) is 17.6 Å². The van der Waals surface area contributed by atoms with Crippen LogP contribution in [0.4, 0.5) is 0 Å². The highest BCUT2D eigenvalue weighted by Gasteiger charge is 2.27. The van der Waals surface area contributed by atoms with Crippen LogP contribution in [0.5, 0.6) is 0 Å². The molecule has 2 fully saturated rings. The Morgan fingerprint density at radius 1 is 1.50 bits per heavy atom. The van der Waals surface area contributed by atoms with Gasteiger partial charge in [0.25, 0.3) is 0 Å². The van der Waals surface area contributed by atoms with E-state index in [-0.39, 0.29) is 5.91 Å². The van der Waals surface area contributed by atoms with Crippen molar-refractivity contribution in [2.45, 2.75) is 38.6 Å². The van der Waals surface area contributed by atoms with Crippen molar-refractivity contribution < 1.29 is 4.79 Å². The molecule has 1 aliphatic heterocycles. The maximum absolute atomic E-state index is 11.5. The van der Waals surface area contributed by atoms with E-state index in [0.717, 1.165) is 19.5 Å². The quantitative estimate of drug-likeness (QED) is 0.701. The Hall–Kier alpha value is -0.570. The zero-order valence-corrected chi connectivity index (χ0v) is 8.88. The summed E-state index contributed by atoms with van der Waals surface area (Å²) < 4.78 is 0. The predicted octanol–water partition coefficient (Wildman–Crippen LogP) is 0.901. The van der Waals surface area contributed by atoms with E-state index in [1.165, 1.54) is 19.3 Å². The van der Waals surface area contributed by atoms with Crippen molar-refractivity contribution in [3.63, 3.8) is 0 Å². The Morgan fingerprint density at radius 3 is 2.86 bits per heavy atom. The molecular weight excluding hydrogens is 176 g/mol. The van der Waals surface area contributed by atoms with E-state index < -0.39 is 0 Å². The smallest absolute Gasteiger partial charge is 0.220 e. The number of hydrogen-bond acceptors (Lipinski definition) is 2. The average molecular weight is 196 g/mol. The van der Waals surface area contributed by atoms with Gasteiger partial charge in [0.1, 0.15) is 0 Å². The summed E-state index contributed by atoms with van der Waals surface area (Å²) in [5.74, 6) is 1.59. The van der Waals surface area contributed by atoms with Gasteiger partial charge in [0, 0.05) is 12.5 Å². The first-order valence-corrected chi connectivity index (χ1v) is 5.76. The molecule has 0 aromatic carbocycles. The number of carbonyl (C=O) groups excluding carboxylic acids is 1. The first kappa shape index (κ1) is 9.97. The Morgan fingerprint density at radius 2 is 2.29 bits per heavy atom. The molecule has 2 rings (SSSR count). The van der Waals surface area contributed by atoms with Gasteiger partial charge in [-0.1, -0.05) is 0 Å². The number of rotatable bonds is 4. The molecule has 1 saturated carbocycles. The third kappa shape index (κ3) is 2.71. The zero-order chi connectivity index (χ0) is 9.97. The Labute approximate surface area is 85.6 Å². The SMILES string of the molecule is CC(NC(=O)CC1CC1)C1CCNC1. The predicted molar refractivity (Wildman–Crippen MR) is 55.9 cm³/mol. The molecule has 3 nitrogen and oxygen atoms in total. The molecule has 0 aromatic heterocycles. The van der Waals surface area contributed by atoms with E-state index in [4.69, 9.17) is 0 Å². The zero-order valence-electron chi connectivity index (χ0n) is 8.88. The topological polar surface area (TPSA) is 41.1 Å². The van der Waals surface area contributed by atoms with Gasteiger partial charge in [-0.25, -0.2) is 0 Å². The van der Waals surface area contributed by atoms with Crippen LogP contribution in [-0.2, 0) is 4.79 Å². The van der Waals surface area contributed by atoms with Gasteiger partial charge in [-0.05, 0) is 51.1 Å². The van der Waals surface area contributed by atoms with Crippen molar-refractivity contribution in [3.8, 4) is 0 Å². The minimum atomic E-state index is 0.256. The fourth-order valence-electron chi connectivity index (χ4n) is 2.12. The Bertz CT molecular complexity index is 207. The molecule has 2 aliphatic rings. The van der Waals surface area contributed by atoms with Gasteiger partial charge in [-0.3, -0.25) is 4.79 Å². The summed E-state index contributed by atoms with van der Waals surface area (Å²) in [5, 5.41) is 6.44. The minimum Gasteiger partial charge on any atom is -0.353 e. The van der Waals surface area contributed by atoms with E-state index in [1.807, 2.05) is 0 Å². The summed E-state index contributed by atoms with van der Waals surface area (Å²) in [5.41, 5.74) is 0. The van der Waals surface area contributed by atoms with Crippen LogP contribution in [0.15, 0.2) is 0 Å². The van der Waals surface area contributed by atoms with E-state index in [1.54, 1.807) is 0 Å². The lowest BCUT2D eigenvalue weighted by Gasteiger charge is -2.19. The van der Waals surface area contributed by atoms with E-state index in [9.17, 15) is 4.79 Å². The summed E-state index contributed by atoms with van der Waals surface area (Å²) in [6.45, 7) is 4.29. The second-order valence-electron chi connectivity index (χ2n) is 4.76. The monoisotopic (exact) mass is 196 g/mol. The van der Waals surface area contributed by atoms with Crippen molar-refractivity contribution in [1.82, 2.24) is 10.6 Å². The highest BCUT2D eigenvalue weighted by molar-refractivity contribution is 5.76. The van der Waals surface area contributed by atoms with Gasteiger partial charge in [0.05, 0.1) is 0 Å². The molecule has 14 heavy (non-hydrogen) atoms. The van der Waals surface area contributed by atoms with E-state index in [0.29, 0.717) is 17.9 Å². The van der Waals surface area contributed by atoms with Gasteiger partial charge in [0.2, 0.25) is 5.91 Å². The molecule has 3 heteroatoms. The Kier molecular flexibility index (Phi) is 3.06. The summed E-state index contributed by atoms with van der Waals surface area (Å²) in [6.07, 6.45) is 4.47. The van der Waals surface area contributed by atoms with Crippen LogP contribution in [0.25, 0.3) is 0 Å². The minimum absolute atomic E-state index is 0.256. The normalized spacial score (nSPS) is 28.8. The number of carbonyl (C=O) groups is 1. The molecule has 0 spiro atoms. The second-order valence-corrected chi connectivity index (χ2v) is 4.76. The fourth-order valence-corrected chi connectivity index (χ4v) is 2.12. The van der Waals surface area contributed by atoms with Crippen molar-refractivity contribution in [3.05, 3.63) is 0 Å². The maximum Gasteiger partial charge on any atom is 0.220 e. The van der Waals surface area contributed by atoms with Crippen molar-refractivity contribution in [2.24, 2.45) is 11.8 Å². The van der Waals surface area contributed by atoms with Crippen molar-refractivity contribution in [2.75, 3.05) is 13.1 Å². The lowest BCUT2D eigenvalue weighted by Crippen LogP contribution is -2.39. The summed E-state index contributed by atoms with van der Waals surface area (Å²) in [4.78, 5) is 11.5. The lowest BCUT2D eigenvalue weighted by molar-refractivity contribution is -0.122. The molecular formula is C11H20N2O. The second kappa shape index (κ2) is 4.30. The van der Waals surface area contributed by atoms with E-state index >= 15 is 0 Å². The maximum atomic E-state index is 11.5. The first-order valence-electron chi connectivity index (χ1n) is 5.76.